The molecule has 0 aliphatic heterocycles. The highest BCUT2D eigenvalue weighted by Crippen LogP contribution is 2.11. The maximum absolute atomic E-state index is 11.5. The Labute approximate surface area is 81.9 Å². The maximum atomic E-state index is 11.5. The summed E-state index contributed by atoms with van der Waals surface area (Å²) in [5, 5.41) is 8.42. The summed E-state index contributed by atoms with van der Waals surface area (Å²) >= 11 is 0. The zero-order valence-electron chi connectivity index (χ0n) is 8.26. The number of carboxylic acid groups (broad SMARTS) is 1. The molecule has 14 heavy (non-hydrogen) atoms. The van der Waals surface area contributed by atoms with E-state index in [2.05, 4.69) is 4.98 Å². The molecule has 0 atom stereocenters. The van der Waals surface area contributed by atoms with E-state index in [1.54, 1.807) is 0 Å². The van der Waals surface area contributed by atoms with Crippen LogP contribution in [0.3, 0.4) is 0 Å². The number of hydrogen-bond donors (Lipinski definition) is 2. The van der Waals surface area contributed by atoms with Crippen LogP contribution >= 0.6 is 0 Å². The summed E-state index contributed by atoms with van der Waals surface area (Å²) in [5.74, 6) is -1.09. The van der Waals surface area contributed by atoms with Crippen molar-refractivity contribution in [2.75, 3.05) is 0 Å². The van der Waals surface area contributed by atoms with Crippen LogP contribution in [0.4, 0.5) is 0 Å². The zero-order valence-corrected chi connectivity index (χ0v) is 8.26. The molecule has 0 saturated heterocycles. The lowest BCUT2D eigenvalue weighted by Crippen LogP contribution is -2.05. The molecule has 4 nitrogen and oxygen atoms in total. The van der Waals surface area contributed by atoms with Gasteiger partial charge in [0, 0.05) is 12.1 Å². The largest absolute Gasteiger partial charge is 0.481 e. The van der Waals surface area contributed by atoms with Gasteiger partial charge in [0.05, 0.1) is 12.1 Å². The molecule has 2 N–H and O–H groups in total. The standard InChI is InChI=1S/C10H13NO3/c1-6-5-7(2)11-10(6)8(12)3-4-9(13)14/h5,11H,3-4H2,1-2H3,(H,13,14). The average Bonchev–Trinajstić information content (AvgIpc) is 2.41. The lowest BCUT2D eigenvalue weighted by molar-refractivity contribution is -0.136. The average molecular weight is 195 g/mol. The maximum Gasteiger partial charge on any atom is 0.303 e. The number of rotatable bonds is 4. The fraction of sp³-hybridized carbons (Fsp3) is 0.400. The Morgan fingerprint density at radius 1 is 1.36 bits per heavy atom. The first-order valence-electron chi connectivity index (χ1n) is 4.42. The molecule has 0 aliphatic carbocycles. The molecule has 0 saturated carbocycles. The number of Topliss-reactive ketones (excluding diaryl/α,β-unsaturated/α-hetero) is 1. The van der Waals surface area contributed by atoms with Crippen LogP contribution in [0.15, 0.2) is 6.07 Å². The van der Waals surface area contributed by atoms with Crippen molar-refractivity contribution in [3.63, 3.8) is 0 Å². The number of aromatic amines is 1. The molecule has 0 aromatic carbocycles. The fourth-order valence-electron chi connectivity index (χ4n) is 1.36. The van der Waals surface area contributed by atoms with E-state index in [9.17, 15) is 9.59 Å². The van der Waals surface area contributed by atoms with Gasteiger partial charge in [0.1, 0.15) is 0 Å². The first-order valence-corrected chi connectivity index (χ1v) is 4.42. The van der Waals surface area contributed by atoms with Gasteiger partial charge in [-0.3, -0.25) is 9.59 Å². The van der Waals surface area contributed by atoms with Gasteiger partial charge in [-0.1, -0.05) is 0 Å². The van der Waals surface area contributed by atoms with Crippen LogP contribution < -0.4 is 0 Å². The third kappa shape index (κ3) is 2.45. The van der Waals surface area contributed by atoms with E-state index < -0.39 is 5.97 Å². The molecule has 1 aromatic heterocycles. The van der Waals surface area contributed by atoms with Crippen LogP contribution in [0.25, 0.3) is 0 Å². The molecule has 76 valence electrons. The van der Waals surface area contributed by atoms with Crippen molar-refractivity contribution in [2.24, 2.45) is 0 Å². The van der Waals surface area contributed by atoms with E-state index in [-0.39, 0.29) is 18.6 Å². The number of carbonyl (C=O) groups excluding carboxylic acids is 1. The minimum Gasteiger partial charge on any atom is -0.481 e. The van der Waals surface area contributed by atoms with Gasteiger partial charge in [-0.15, -0.1) is 0 Å². The van der Waals surface area contributed by atoms with Gasteiger partial charge >= 0.3 is 5.97 Å². The summed E-state index contributed by atoms with van der Waals surface area (Å²) < 4.78 is 0. The molecule has 0 amide bonds. The van der Waals surface area contributed by atoms with Crippen molar-refractivity contribution >= 4 is 11.8 Å². The van der Waals surface area contributed by atoms with Gasteiger partial charge in [0.15, 0.2) is 5.78 Å². The molecule has 0 aliphatic rings. The predicted octanol–water partition coefficient (Wildman–Crippen LogP) is 1.68. The topological polar surface area (TPSA) is 70.2 Å². The Hall–Kier alpha value is -1.58. The van der Waals surface area contributed by atoms with Crippen molar-refractivity contribution in [3.8, 4) is 0 Å². The summed E-state index contributed by atoms with van der Waals surface area (Å²) in [6, 6.07) is 1.87. The highest BCUT2D eigenvalue weighted by atomic mass is 16.4. The monoisotopic (exact) mass is 195 g/mol. The van der Waals surface area contributed by atoms with Crippen molar-refractivity contribution in [1.82, 2.24) is 4.98 Å². The summed E-state index contributed by atoms with van der Waals surface area (Å²) in [6.07, 6.45) is -0.0630. The molecule has 1 aromatic rings. The van der Waals surface area contributed by atoms with Crippen LogP contribution in [0.5, 0.6) is 0 Å². The number of ketones is 1. The van der Waals surface area contributed by atoms with E-state index in [0.29, 0.717) is 5.69 Å². The van der Waals surface area contributed by atoms with Gasteiger partial charge in [-0.2, -0.15) is 0 Å². The Bertz CT molecular complexity index is 365. The van der Waals surface area contributed by atoms with Crippen molar-refractivity contribution in [3.05, 3.63) is 23.0 Å². The van der Waals surface area contributed by atoms with E-state index in [0.717, 1.165) is 11.3 Å². The van der Waals surface area contributed by atoms with Crippen LogP contribution in [-0.2, 0) is 4.79 Å². The first kappa shape index (κ1) is 10.5. The molecule has 1 heterocycles. The number of carboxylic acids is 1. The second kappa shape index (κ2) is 4.09. The quantitative estimate of drug-likeness (QED) is 0.718. The molecule has 1 rings (SSSR count). The molecule has 0 bridgehead atoms. The number of aryl methyl sites for hydroxylation is 2. The second-order valence-corrected chi connectivity index (χ2v) is 3.33. The van der Waals surface area contributed by atoms with E-state index in [1.807, 2.05) is 19.9 Å². The lowest BCUT2D eigenvalue weighted by atomic mass is 10.1. The Morgan fingerprint density at radius 2 is 2.00 bits per heavy atom. The number of hydrogen-bond acceptors (Lipinski definition) is 2. The van der Waals surface area contributed by atoms with Crippen LogP contribution in [0.2, 0.25) is 0 Å². The van der Waals surface area contributed by atoms with Crippen LogP contribution in [0, 0.1) is 13.8 Å². The van der Waals surface area contributed by atoms with Crippen molar-refractivity contribution in [2.45, 2.75) is 26.7 Å². The van der Waals surface area contributed by atoms with E-state index >= 15 is 0 Å². The van der Waals surface area contributed by atoms with Crippen LogP contribution in [0.1, 0.15) is 34.6 Å². The third-order valence-corrected chi connectivity index (χ3v) is 1.99. The van der Waals surface area contributed by atoms with Gasteiger partial charge in [0.2, 0.25) is 0 Å². The molecular weight excluding hydrogens is 182 g/mol. The van der Waals surface area contributed by atoms with Gasteiger partial charge in [-0.05, 0) is 25.5 Å². The zero-order chi connectivity index (χ0) is 10.7. The highest BCUT2D eigenvalue weighted by molar-refractivity contribution is 5.97. The predicted molar refractivity (Wildman–Crippen MR) is 51.5 cm³/mol. The lowest BCUT2D eigenvalue weighted by Gasteiger charge is -1.97. The fourth-order valence-corrected chi connectivity index (χ4v) is 1.36. The van der Waals surface area contributed by atoms with Crippen molar-refractivity contribution < 1.29 is 14.7 Å². The normalized spacial score (nSPS) is 10.1. The summed E-state index contributed by atoms with van der Waals surface area (Å²) in [7, 11) is 0. The third-order valence-electron chi connectivity index (χ3n) is 1.99. The Morgan fingerprint density at radius 3 is 2.43 bits per heavy atom. The smallest absolute Gasteiger partial charge is 0.303 e. The second-order valence-electron chi connectivity index (χ2n) is 3.33. The number of carbonyl (C=O) groups is 2. The highest BCUT2D eigenvalue weighted by Gasteiger charge is 2.12. The molecule has 4 heteroatoms. The summed E-state index contributed by atoms with van der Waals surface area (Å²) in [6.45, 7) is 3.69. The van der Waals surface area contributed by atoms with E-state index in [4.69, 9.17) is 5.11 Å². The molecule has 0 unspecified atom stereocenters. The SMILES string of the molecule is Cc1cc(C)c(C(=O)CCC(=O)O)[nH]1. The molecule has 0 fully saturated rings. The summed E-state index contributed by atoms with van der Waals surface area (Å²) in [5.41, 5.74) is 2.32. The molecular formula is C10H13NO3. The minimum absolute atomic E-state index is 0.0517. The number of aromatic nitrogens is 1. The number of nitrogens with one attached hydrogen (secondary N) is 1. The summed E-state index contributed by atoms with van der Waals surface area (Å²) in [4.78, 5) is 24.7. The number of H-pyrrole nitrogens is 1. The first-order chi connectivity index (χ1) is 6.50. The van der Waals surface area contributed by atoms with E-state index in [1.165, 1.54) is 0 Å². The van der Waals surface area contributed by atoms with Gasteiger partial charge in [-0.25, -0.2) is 0 Å². The van der Waals surface area contributed by atoms with Gasteiger partial charge in [0.25, 0.3) is 0 Å². The van der Waals surface area contributed by atoms with Crippen molar-refractivity contribution in [1.29, 1.82) is 0 Å². The molecule has 0 spiro atoms. The minimum atomic E-state index is -0.945. The Kier molecular flexibility index (Phi) is 3.06. The van der Waals surface area contributed by atoms with Crippen LogP contribution in [-0.4, -0.2) is 21.8 Å². The van der Waals surface area contributed by atoms with Gasteiger partial charge < -0.3 is 10.1 Å². The number of aliphatic carboxylic acids is 1. The Balaban J connectivity index is 2.69. The molecule has 0 radical (unpaired) electrons.